The summed E-state index contributed by atoms with van der Waals surface area (Å²) >= 11 is 0. The molecule has 0 unspecified atom stereocenters. The summed E-state index contributed by atoms with van der Waals surface area (Å²) < 4.78 is 23.7. The zero-order chi connectivity index (χ0) is 18.0. The SMILES string of the molecule is COc1ccc(/C=C2/N=C(c3ccccc3F)OC2=O)cc1[N+](=O)[O-]. The standard InChI is InChI=1S/C17H11FN2O5/c1-24-15-7-6-10(9-14(15)20(22)23)8-13-17(21)25-16(19-13)11-4-2-3-5-12(11)18/h2-9H,1H3/b13-8+. The third-order valence-electron chi connectivity index (χ3n) is 3.43. The molecule has 2 aromatic rings. The number of ether oxygens (including phenoxy) is 2. The van der Waals surface area contributed by atoms with Crippen molar-refractivity contribution in [3.8, 4) is 5.75 Å². The predicted octanol–water partition coefficient (Wildman–Crippen LogP) is 3.09. The lowest BCUT2D eigenvalue weighted by atomic mass is 10.1. The Balaban J connectivity index is 1.99. The van der Waals surface area contributed by atoms with E-state index in [1.54, 1.807) is 6.07 Å². The molecule has 0 saturated carbocycles. The number of hydrogen-bond acceptors (Lipinski definition) is 6. The van der Waals surface area contributed by atoms with Gasteiger partial charge in [-0.2, -0.15) is 0 Å². The average molecular weight is 342 g/mol. The number of hydrogen-bond donors (Lipinski definition) is 0. The molecular formula is C17H11FN2O5. The Labute approximate surface area is 141 Å². The number of benzene rings is 2. The Bertz CT molecular complexity index is 936. The maximum atomic E-state index is 13.8. The van der Waals surface area contributed by atoms with Crippen LogP contribution in [0.5, 0.6) is 5.75 Å². The molecule has 1 aliphatic rings. The summed E-state index contributed by atoms with van der Waals surface area (Å²) in [5, 5.41) is 11.1. The predicted molar refractivity (Wildman–Crippen MR) is 86.7 cm³/mol. The molecule has 126 valence electrons. The Hall–Kier alpha value is -3.55. The summed E-state index contributed by atoms with van der Waals surface area (Å²) in [5.74, 6) is -1.40. The fourth-order valence-corrected chi connectivity index (χ4v) is 2.26. The van der Waals surface area contributed by atoms with Gasteiger partial charge in [0, 0.05) is 6.07 Å². The second kappa shape index (κ2) is 6.52. The highest BCUT2D eigenvalue weighted by Gasteiger charge is 2.26. The molecule has 0 fully saturated rings. The van der Waals surface area contributed by atoms with E-state index >= 15 is 0 Å². The summed E-state index contributed by atoms with van der Waals surface area (Å²) in [5.41, 5.74) is 0.0807. The van der Waals surface area contributed by atoms with Crippen molar-refractivity contribution in [2.24, 2.45) is 4.99 Å². The first-order valence-corrected chi connectivity index (χ1v) is 7.09. The third kappa shape index (κ3) is 3.23. The van der Waals surface area contributed by atoms with Crippen LogP contribution in [0.3, 0.4) is 0 Å². The number of nitro groups is 1. The Morgan fingerprint density at radius 1 is 1.28 bits per heavy atom. The number of methoxy groups -OCH3 is 1. The van der Waals surface area contributed by atoms with Gasteiger partial charge in [0.15, 0.2) is 11.4 Å². The normalized spacial score (nSPS) is 15.0. The molecule has 0 atom stereocenters. The van der Waals surface area contributed by atoms with Gasteiger partial charge >= 0.3 is 11.7 Å². The van der Waals surface area contributed by atoms with Crippen molar-refractivity contribution < 1.29 is 23.6 Å². The first kappa shape index (κ1) is 16.3. The second-order valence-electron chi connectivity index (χ2n) is 5.00. The first-order chi connectivity index (χ1) is 12.0. The lowest BCUT2D eigenvalue weighted by molar-refractivity contribution is -0.385. The van der Waals surface area contributed by atoms with Crippen molar-refractivity contribution in [1.29, 1.82) is 0 Å². The van der Waals surface area contributed by atoms with Crippen molar-refractivity contribution in [2.75, 3.05) is 7.11 Å². The van der Waals surface area contributed by atoms with Gasteiger partial charge in [0.25, 0.3) is 0 Å². The van der Waals surface area contributed by atoms with Crippen molar-refractivity contribution in [2.45, 2.75) is 0 Å². The minimum Gasteiger partial charge on any atom is -0.490 e. The van der Waals surface area contributed by atoms with E-state index in [9.17, 15) is 19.3 Å². The van der Waals surface area contributed by atoms with Crippen LogP contribution in [-0.2, 0) is 9.53 Å². The van der Waals surface area contributed by atoms with Crippen molar-refractivity contribution in [1.82, 2.24) is 0 Å². The highest BCUT2D eigenvalue weighted by Crippen LogP contribution is 2.29. The van der Waals surface area contributed by atoms with Gasteiger partial charge in [0.2, 0.25) is 5.90 Å². The van der Waals surface area contributed by atoms with Crippen LogP contribution in [0.25, 0.3) is 6.08 Å². The van der Waals surface area contributed by atoms with Crippen molar-refractivity contribution in [3.05, 3.63) is 75.2 Å². The second-order valence-corrected chi connectivity index (χ2v) is 5.00. The van der Waals surface area contributed by atoms with E-state index in [-0.39, 0.29) is 28.6 Å². The van der Waals surface area contributed by atoms with E-state index < -0.39 is 16.7 Å². The number of nitrogens with zero attached hydrogens (tertiary/aromatic N) is 2. The van der Waals surface area contributed by atoms with Gasteiger partial charge in [-0.25, -0.2) is 14.2 Å². The largest absolute Gasteiger partial charge is 0.490 e. The minimum atomic E-state index is -0.767. The zero-order valence-corrected chi connectivity index (χ0v) is 12.9. The number of aliphatic imine (C=N–C) groups is 1. The fourth-order valence-electron chi connectivity index (χ4n) is 2.26. The summed E-state index contributed by atoms with van der Waals surface area (Å²) in [6, 6.07) is 9.93. The van der Waals surface area contributed by atoms with E-state index in [2.05, 4.69) is 4.99 Å². The van der Waals surface area contributed by atoms with Crippen LogP contribution in [-0.4, -0.2) is 23.9 Å². The molecule has 0 aromatic heterocycles. The molecule has 3 rings (SSSR count). The number of halogens is 1. The van der Waals surface area contributed by atoms with Gasteiger partial charge in [-0.3, -0.25) is 10.1 Å². The fraction of sp³-hybridized carbons (Fsp3) is 0.0588. The smallest absolute Gasteiger partial charge is 0.363 e. The van der Waals surface area contributed by atoms with Crippen LogP contribution < -0.4 is 4.74 Å². The van der Waals surface area contributed by atoms with Gasteiger partial charge in [0.1, 0.15) is 5.82 Å². The molecule has 2 aromatic carbocycles. The van der Waals surface area contributed by atoms with Crippen molar-refractivity contribution in [3.63, 3.8) is 0 Å². The summed E-state index contributed by atoms with van der Waals surface area (Å²) in [4.78, 5) is 26.4. The number of rotatable bonds is 4. The molecule has 25 heavy (non-hydrogen) atoms. The first-order valence-electron chi connectivity index (χ1n) is 7.09. The molecule has 0 saturated heterocycles. The molecule has 0 amide bonds. The molecule has 8 heteroatoms. The van der Waals surface area contributed by atoms with E-state index in [1.807, 2.05) is 0 Å². The number of carbonyl (C=O) groups is 1. The zero-order valence-electron chi connectivity index (χ0n) is 12.9. The molecule has 0 radical (unpaired) electrons. The van der Waals surface area contributed by atoms with Crippen molar-refractivity contribution >= 4 is 23.6 Å². The van der Waals surface area contributed by atoms with Gasteiger partial charge in [-0.05, 0) is 29.8 Å². The quantitative estimate of drug-likeness (QED) is 0.368. The summed E-state index contributed by atoms with van der Waals surface area (Å²) in [6.07, 6.45) is 1.32. The van der Waals surface area contributed by atoms with Gasteiger partial charge < -0.3 is 9.47 Å². The molecule has 1 heterocycles. The van der Waals surface area contributed by atoms with Crippen LogP contribution in [0.1, 0.15) is 11.1 Å². The molecule has 7 nitrogen and oxygen atoms in total. The molecule has 0 spiro atoms. The molecule has 0 aliphatic carbocycles. The highest BCUT2D eigenvalue weighted by molar-refractivity contribution is 6.12. The molecule has 0 N–H and O–H groups in total. The number of esters is 1. The van der Waals surface area contributed by atoms with Gasteiger partial charge in [-0.15, -0.1) is 0 Å². The summed E-state index contributed by atoms with van der Waals surface area (Å²) in [6.45, 7) is 0. The van der Waals surface area contributed by atoms with E-state index in [4.69, 9.17) is 9.47 Å². The maximum Gasteiger partial charge on any atom is 0.363 e. The Morgan fingerprint density at radius 2 is 2.04 bits per heavy atom. The minimum absolute atomic E-state index is 0.0555. The average Bonchev–Trinajstić information content (AvgIpc) is 2.95. The monoisotopic (exact) mass is 342 g/mol. The van der Waals surface area contributed by atoms with E-state index in [0.29, 0.717) is 5.56 Å². The van der Waals surface area contributed by atoms with Crippen LogP contribution in [0.15, 0.2) is 53.2 Å². The highest BCUT2D eigenvalue weighted by atomic mass is 19.1. The van der Waals surface area contributed by atoms with Crippen LogP contribution in [0.2, 0.25) is 0 Å². The lowest BCUT2D eigenvalue weighted by Gasteiger charge is -2.02. The third-order valence-corrected chi connectivity index (χ3v) is 3.43. The Morgan fingerprint density at radius 3 is 2.72 bits per heavy atom. The molecule has 0 bridgehead atoms. The van der Waals surface area contributed by atoms with Gasteiger partial charge in [0.05, 0.1) is 17.6 Å². The van der Waals surface area contributed by atoms with Crippen LogP contribution >= 0.6 is 0 Å². The van der Waals surface area contributed by atoms with Crippen LogP contribution in [0.4, 0.5) is 10.1 Å². The number of carbonyl (C=O) groups excluding carboxylic acids is 1. The topological polar surface area (TPSA) is 91.0 Å². The van der Waals surface area contributed by atoms with E-state index in [1.165, 1.54) is 49.6 Å². The number of cyclic esters (lactones) is 1. The van der Waals surface area contributed by atoms with Crippen LogP contribution in [0, 0.1) is 15.9 Å². The lowest BCUT2D eigenvalue weighted by Crippen LogP contribution is -2.07. The molecule has 1 aliphatic heterocycles. The maximum absolute atomic E-state index is 13.8. The van der Waals surface area contributed by atoms with E-state index in [0.717, 1.165) is 0 Å². The summed E-state index contributed by atoms with van der Waals surface area (Å²) in [7, 11) is 1.32. The van der Waals surface area contributed by atoms with Gasteiger partial charge in [-0.1, -0.05) is 18.2 Å². The molecular weight excluding hydrogens is 331 g/mol. The number of nitro benzene ring substituents is 1. The Kier molecular flexibility index (Phi) is 4.25.